The smallest absolute Gasteiger partial charge is 0.258 e. The first-order chi connectivity index (χ1) is 6.12. The van der Waals surface area contributed by atoms with Gasteiger partial charge in [0.15, 0.2) is 0 Å². The SMILES string of the molecule is CCCCNS(=O)(=O)OCCCC. The predicted octanol–water partition coefficient (Wildman–Crippen LogP) is 1.44. The highest BCUT2D eigenvalue weighted by Crippen LogP contribution is 1.94. The highest BCUT2D eigenvalue weighted by Gasteiger charge is 2.07. The summed E-state index contributed by atoms with van der Waals surface area (Å²) in [5.74, 6) is 0. The van der Waals surface area contributed by atoms with Gasteiger partial charge >= 0.3 is 10.3 Å². The van der Waals surface area contributed by atoms with E-state index in [1.54, 1.807) is 0 Å². The Morgan fingerprint density at radius 1 is 1.15 bits per heavy atom. The molecule has 0 aromatic rings. The lowest BCUT2D eigenvalue weighted by Crippen LogP contribution is -2.27. The summed E-state index contributed by atoms with van der Waals surface area (Å²) in [6, 6.07) is 0. The Morgan fingerprint density at radius 3 is 2.31 bits per heavy atom. The van der Waals surface area contributed by atoms with E-state index in [4.69, 9.17) is 0 Å². The first-order valence-corrected chi connectivity index (χ1v) is 6.17. The number of nitrogens with one attached hydrogen (secondary N) is 1. The van der Waals surface area contributed by atoms with E-state index in [1.807, 2.05) is 13.8 Å². The van der Waals surface area contributed by atoms with E-state index >= 15 is 0 Å². The van der Waals surface area contributed by atoms with Crippen molar-refractivity contribution in [2.45, 2.75) is 39.5 Å². The fraction of sp³-hybridized carbons (Fsp3) is 1.00. The lowest BCUT2D eigenvalue weighted by molar-refractivity contribution is 0.304. The van der Waals surface area contributed by atoms with Gasteiger partial charge in [0.25, 0.3) is 0 Å². The Kier molecular flexibility index (Phi) is 7.22. The first-order valence-electron chi connectivity index (χ1n) is 4.76. The molecule has 0 unspecified atom stereocenters. The summed E-state index contributed by atoms with van der Waals surface area (Å²) < 4.78 is 29.1. The third kappa shape index (κ3) is 8.21. The minimum Gasteiger partial charge on any atom is -0.258 e. The third-order valence-electron chi connectivity index (χ3n) is 1.55. The standard InChI is InChI=1S/C8H19NO3S/c1-3-5-7-9-13(10,11)12-8-6-4-2/h9H,3-8H2,1-2H3. The molecule has 0 aliphatic rings. The number of rotatable bonds is 8. The monoisotopic (exact) mass is 209 g/mol. The second kappa shape index (κ2) is 7.29. The molecule has 0 aliphatic heterocycles. The Labute approximate surface area is 80.9 Å². The predicted molar refractivity (Wildman–Crippen MR) is 52.7 cm³/mol. The lowest BCUT2D eigenvalue weighted by Gasteiger charge is -2.05. The van der Waals surface area contributed by atoms with Crippen molar-refractivity contribution >= 4 is 10.3 Å². The van der Waals surface area contributed by atoms with E-state index in [9.17, 15) is 8.42 Å². The molecule has 0 heterocycles. The van der Waals surface area contributed by atoms with E-state index in [2.05, 4.69) is 8.91 Å². The topological polar surface area (TPSA) is 55.4 Å². The molecule has 1 N–H and O–H groups in total. The fourth-order valence-electron chi connectivity index (χ4n) is 0.729. The number of unbranched alkanes of at least 4 members (excludes halogenated alkanes) is 2. The molecule has 0 aliphatic carbocycles. The minimum atomic E-state index is -3.48. The van der Waals surface area contributed by atoms with E-state index < -0.39 is 10.3 Å². The van der Waals surface area contributed by atoms with Crippen LogP contribution in [0.15, 0.2) is 0 Å². The second-order valence-electron chi connectivity index (χ2n) is 2.88. The second-order valence-corrected chi connectivity index (χ2v) is 4.31. The fourth-order valence-corrected chi connectivity index (χ4v) is 1.54. The van der Waals surface area contributed by atoms with Crippen LogP contribution in [0, 0.1) is 0 Å². The van der Waals surface area contributed by atoms with Crippen molar-refractivity contribution in [3.05, 3.63) is 0 Å². The molecule has 0 aromatic carbocycles. The van der Waals surface area contributed by atoms with Crippen molar-refractivity contribution < 1.29 is 12.6 Å². The Hall–Kier alpha value is -0.130. The third-order valence-corrected chi connectivity index (χ3v) is 2.58. The normalized spacial score (nSPS) is 11.8. The summed E-state index contributed by atoms with van der Waals surface area (Å²) in [6.07, 6.45) is 3.52. The number of hydrogen-bond acceptors (Lipinski definition) is 3. The van der Waals surface area contributed by atoms with Crippen LogP contribution in [-0.4, -0.2) is 21.6 Å². The molecule has 0 fully saturated rings. The molecule has 0 bridgehead atoms. The Bertz CT molecular complexity index is 185. The molecule has 0 spiro atoms. The van der Waals surface area contributed by atoms with Gasteiger partial charge in [-0.2, -0.15) is 13.1 Å². The molecule has 0 aromatic heterocycles. The van der Waals surface area contributed by atoms with E-state index in [0.717, 1.165) is 25.7 Å². The number of hydrogen-bond donors (Lipinski definition) is 1. The van der Waals surface area contributed by atoms with Gasteiger partial charge in [-0.15, -0.1) is 0 Å². The van der Waals surface area contributed by atoms with Gasteiger partial charge in [0.05, 0.1) is 6.61 Å². The van der Waals surface area contributed by atoms with Crippen LogP contribution in [0.3, 0.4) is 0 Å². The zero-order chi connectivity index (χ0) is 10.2. The van der Waals surface area contributed by atoms with E-state index in [0.29, 0.717) is 6.54 Å². The Morgan fingerprint density at radius 2 is 1.77 bits per heavy atom. The maximum atomic E-state index is 11.0. The van der Waals surface area contributed by atoms with Crippen LogP contribution >= 0.6 is 0 Å². The van der Waals surface area contributed by atoms with Crippen molar-refractivity contribution in [3.8, 4) is 0 Å². The molecule has 80 valence electrons. The molecule has 0 amide bonds. The minimum absolute atomic E-state index is 0.276. The van der Waals surface area contributed by atoms with Crippen LogP contribution < -0.4 is 4.72 Å². The summed E-state index contributed by atoms with van der Waals surface area (Å²) in [4.78, 5) is 0. The van der Waals surface area contributed by atoms with Crippen LogP contribution in [-0.2, 0) is 14.5 Å². The lowest BCUT2D eigenvalue weighted by atomic mass is 10.3. The molecular weight excluding hydrogens is 190 g/mol. The van der Waals surface area contributed by atoms with Gasteiger partial charge in [-0.25, -0.2) is 0 Å². The van der Waals surface area contributed by atoms with Gasteiger partial charge < -0.3 is 0 Å². The van der Waals surface area contributed by atoms with Gasteiger partial charge in [-0.05, 0) is 12.8 Å². The van der Waals surface area contributed by atoms with Crippen LogP contribution in [0.25, 0.3) is 0 Å². The molecular formula is C8H19NO3S. The van der Waals surface area contributed by atoms with Crippen LogP contribution in [0.1, 0.15) is 39.5 Å². The zero-order valence-electron chi connectivity index (χ0n) is 8.38. The summed E-state index contributed by atoms with van der Waals surface area (Å²) >= 11 is 0. The summed E-state index contributed by atoms with van der Waals surface area (Å²) in [5, 5.41) is 0. The van der Waals surface area contributed by atoms with Crippen molar-refractivity contribution in [1.29, 1.82) is 0 Å². The highest BCUT2D eigenvalue weighted by atomic mass is 32.2. The molecule has 0 saturated heterocycles. The van der Waals surface area contributed by atoms with Crippen LogP contribution in [0.4, 0.5) is 0 Å². The van der Waals surface area contributed by atoms with Crippen molar-refractivity contribution in [1.82, 2.24) is 4.72 Å². The Balaban J connectivity index is 3.55. The maximum absolute atomic E-state index is 11.0. The van der Waals surface area contributed by atoms with Crippen molar-refractivity contribution in [2.75, 3.05) is 13.2 Å². The van der Waals surface area contributed by atoms with Gasteiger partial charge in [0.2, 0.25) is 0 Å². The average molecular weight is 209 g/mol. The summed E-state index contributed by atoms with van der Waals surface area (Å²) in [6.45, 7) is 4.73. The van der Waals surface area contributed by atoms with Crippen LogP contribution in [0.2, 0.25) is 0 Å². The average Bonchev–Trinajstić information content (AvgIpc) is 2.05. The maximum Gasteiger partial charge on any atom is 0.335 e. The van der Waals surface area contributed by atoms with Gasteiger partial charge in [0.1, 0.15) is 0 Å². The molecule has 0 rings (SSSR count). The van der Waals surface area contributed by atoms with Crippen molar-refractivity contribution in [2.24, 2.45) is 0 Å². The molecule has 13 heavy (non-hydrogen) atoms. The van der Waals surface area contributed by atoms with Gasteiger partial charge in [-0.3, -0.25) is 4.18 Å². The molecule has 4 nitrogen and oxygen atoms in total. The quantitative estimate of drug-likeness (QED) is 0.615. The summed E-state index contributed by atoms with van der Waals surface area (Å²) in [5.41, 5.74) is 0. The highest BCUT2D eigenvalue weighted by molar-refractivity contribution is 7.84. The van der Waals surface area contributed by atoms with E-state index in [-0.39, 0.29) is 6.61 Å². The molecule has 5 heteroatoms. The zero-order valence-corrected chi connectivity index (χ0v) is 9.19. The van der Waals surface area contributed by atoms with Crippen molar-refractivity contribution in [3.63, 3.8) is 0 Å². The molecule has 0 saturated carbocycles. The van der Waals surface area contributed by atoms with Crippen LogP contribution in [0.5, 0.6) is 0 Å². The van der Waals surface area contributed by atoms with Gasteiger partial charge in [0, 0.05) is 6.54 Å². The van der Waals surface area contributed by atoms with Gasteiger partial charge in [-0.1, -0.05) is 26.7 Å². The first kappa shape index (κ1) is 12.9. The largest absolute Gasteiger partial charge is 0.335 e. The summed E-state index contributed by atoms with van der Waals surface area (Å²) in [7, 11) is -3.48. The molecule has 0 radical (unpaired) electrons. The molecule has 0 atom stereocenters. The van der Waals surface area contributed by atoms with E-state index in [1.165, 1.54) is 0 Å².